The van der Waals surface area contributed by atoms with E-state index in [-0.39, 0.29) is 6.17 Å². The topological polar surface area (TPSA) is 29.3 Å². The van der Waals surface area contributed by atoms with Crippen LogP contribution in [0.4, 0.5) is 0 Å². The van der Waals surface area contributed by atoms with Crippen LogP contribution in [0.3, 0.4) is 0 Å². The first-order valence-corrected chi connectivity index (χ1v) is 16.8. The van der Waals surface area contributed by atoms with Crippen LogP contribution in [0, 0.1) is 0 Å². The smallest absolute Gasteiger partial charge is 0.146 e. The van der Waals surface area contributed by atoms with Crippen molar-refractivity contribution in [3.05, 3.63) is 193 Å². The Morgan fingerprint density at radius 2 is 1.12 bits per heavy atom. The average Bonchev–Trinajstić information content (AvgIpc) is 3.49. The van der Waals surface area contributed by atoms with Gasteiger partial charge in [-0.2, -0.15) is 0 Å². The van der Waals surface area contributed by atoms with E-state index in [0.717, 1.165) is 33.8 Å². The summed E-state index contributed by atoms with van der Waals surface area (Å²) in [5.74, 6) is 0. The molecule has 1 atom stereocenters. The van der Waals surface area contributed by atoms with Crippen molar-refractivity contribution >= 4 is 65.5 Å². The maximum Gasteiger partial charge on any atom is 0.146 e. The fraction of sp³-hybridized carbons (Fsp3) is 0.0217. The number of aromatic nitrogens is 1. The zero-order chi connectivity index (χ0) is 32.3. The van der Waals surface area contributed by atoms with Crippen molar-refractivity contribution in [3.8, 4) is 5.69 Å². The van der Waals surface area contributed by atoms with Gasteiger partial charge >= 0.3 is 0 Å². The highest BCUT2D eigenvalue weighted by atomic mass is 15.1. The van der Waals surface area contributed by atoms with E-state index in [2.05, 4.69) is 186 Å². The third kappa shape index (κ3) is 4.47. The fourth-order valence-corrected chi connectivity index (χ4v) is 7.73. The zero-order valence-electron chi connectivity index (χ0n) is 26.7. The Morgan fingerprint density at radius 3 is 2.00 bits per heavy atom. The molecule has 1 aliphatic rings. The number of nitrogens with zero attached hydrogens (tertiary/aromatic N) is 2. The fourth-order valence-electron chi connectivity index (χ4n) is 7.73. The van der Waals surface area contributed by atoms with Crippen LogP contribution in [0.1, 0.15) is 22.9 Å². The van der Waals surface area contributed by atoms with Crippen LogP contribution in [-0.4, -0.2) is 10.3 Å². The summed E-state index contributed by atoms with van der Waals surface area (Å²) < 4.78 is 2.44. The van der Waals surface area contributed by atoms with Crippen molar-refractivity contribution in [1.29, 1.82) is 0 Å². The average molecular weight is 626 g/mol. The monoisotopic (exact) mass is 625 g/mol. The molecule has 230 valence electrons. The van der Waals surface area contributed by atoms with Crippen molar-refractivity contribution < 1.29 is 0 Å². The molecule has 1 N–H and O–H groups in total. The molecule has 8 aromatic carbocycles. The largest absolute Gasteiger partial charge is 0.359 e. The van der Waals surface area contributed by atoms with E-state index in [4.69, 9.17) is 4.99 Å². The van der Waals surface area contributed by atoms with Gasteiger partial charge in [-0.05, 0) is 62.8 Å². The molecule has 0 saturated carbocycles. The summed E-state index contributed by atoms with van der Waals surface area (Å²) in [4.78, 5) is 5.45. The summed E-state index contributed by atoms with van der Waals surface area (Å²) in [7, 11) is 0. The second-order valence-electron chi connectivity index (χ2n) is 12.8. The zero-order valence-corrected chi connectivity index (χ0v) is 26.7. The first kappa shape index (κ1) is 27.6. The number of fused-ring (bicyclic) bond motifs is 6. The SMILES string of the molecule is C1=C(c2ccccc2)NC(c2cccc3c(-n4c5ccccc5c5cc6ccccc6cc54)cccc23)N=C1c1cccc2ccccc12. The predicted octanol–water partition coefficient (Wildman–Crippen LogP) is 11.4. The highest BCUT2D eigenvalue weighted by Crippen LogP contribution is 2.39. The van der Waals surface area contributed by atoms with E-state index in [9.17, 15) is 0 Å². The first-order valence-electron chi connectivity index (χ1n) is 16.8. The molecule has 1 aliphatic heterocycles. The van der Waals surface area contributed by atoms with Gasteiger partial charge in [0.05, 0.1) is 22.4 Å². The molecule has 1 aromatic heterocycles. The highest BCUT2D eigenvalue weighted by molar-refractivity contribution is 6.19. The summed E-state index contributed by atoms with van der Waals surface area (Å²) in [6, 6.07) is 61.1. The minimum Gasteiger partial charge on any atom is -0.359 e. The lowest BCUT2D eigenvalue weighted by atomic mass is 9.96. The second-order valence-corrected chi connectivity index (χ2v) is 12.8. The summed E-state index contributed by atoms with van der Waals surface area (Å²) in [5.41, 5.74) is 9.02. The third-order valence-electron chi connectivity index (χ3n) is 10.0. The number of para-hydroxylation sites is 1. The molecule has 1 unspecified atom stereocenters. The van der Waals surface area contributed by atoms with Gasteiger partial charge in [0.15, 0.2) is 0 Å². The standard InChI is InChI=1S/C46H31N3/c1-2-14-31(15-3-1)41-29-42(36-22-10-18-30-13-6-7-19-34(30)36)48-46(47-41)39-24-11-23-37-35(39)21-12-26-44(37)49-43-25-9-8-20-38(43)40-27-32-16-4-5-17-33(32)28-45(40)49/h1-29,46-47H. The molecule has 10 rings (SSSR count). The number of hydrogen-bond acceptors (Lipinski definition) is 2. The molecule has 0 radical (unpaired) electrons. The van der Waals surface area contributed by atoms with Crippen molar-refractivity contribution in [1.82, 2.24) is 9.88 Å². The molecule has 3 nitrogen and oxygen atoms in total. The summed E-state index contributed by atoms with van der Waals surface area (Å²) in [6.07, 6.45) is 1.92. The molecule has 3 heteroatoms. The molecular weight excluding hydrogens is 595 g/mol. The lowest BCUT2D eigenvalue weighted by Gasteiger charge is -2.26. The predicted molar refractivity (Wildman–Crippen MR) is 207 cm³/mol. The molecular formula is C46H31N3. The van der Waals surface area contributed by atoms with Crippen LogP contribution < -0.4 is 5.32 Å². The minimum atomic E-state index is -0.282. The number of rotatable bonds is 4. The summed E-state index contributed by atoms with van der Waals surface area (Å²) in [6.45, 7) is 0. The number of allylic oxidation sites excluding steroid dienone is 1. The van der Waals surface area contributed by atoms with Crippen LogP contribution in [0.2, 0.25) is 0 Å². The Labute approximate surface area is 284 Å². The van der Waals surface area contributed by atoms with Crippen LogP contribution in [0.5, 0.6) is 0 Å². The van der Waals surface area contributed by atoms with E-state index in [1.54, 1.807) is 0 Å². The second kappa shape index (κ2) is 11.1. The van der Waals surface area contributed by atoms with Crippen LogP contribution in [0.25, 0.3) is 65.5 Å². The maximum atomic E-state index is 5.45. The lowest BCUT2D eigenvalue weighted by Crippen LogP contribution is -2.25. The summed E-state index contributed by atoms with van der Waals surface area (Å²) in [5, 5.41) is 13.6. The lowest BCUT2D eigenvalue weighted by molar-refractivity contribution is 0.669. The summed E-state index contributed by atoms with van der Waals surface area (Å²) >= 11 is 0. The molecule has 2 heterocycles. The van der Waals surface area contributed by atoms with Gasteiger partial charge < -0.3 is 9.88 Å². The minimum absolute atomic E-state index is 0.282. The molecule has 0 amide bonds. The van der Waals surface area contributed by atoms with Gasteiger partial charge in [0.2, 0.25) is 0 Å². The van der Waals surface area contributed by atoms with Crippen LogP contribution >= 0.6 is 0 Å². The van der Waals surface area contributed by atoms with Crippen molar-refractivity contribution in [2.45, 2.75) is 6.17 Å². The van der Waals surface area contributed by atoms with E-state index in [1.807, 2.05) is 0 Å². The van der Waals surface area contributed by atoms with E-state index in [1.165, 1.54) is 54.1 Å². The third-order valence-corrected chi connectivity index (χ3v) is 10.0. The quantitative estimate of drug-likeness (QED) is 0.207. The van der Waals surface area contributed by atoms with Crippen molar-refractivity contribution in [2.75, 3.05) is 0 Å². The van der Waals surface area contributed by atoms with Gasteiger partial charge in [0.1, 0.15) is 6.17 Å². The Bertz CT molecular complexity index is 2800. The van der Waals surface area contributed by atoms with Gasteiger partial charge in [0.25, 0.3) is 0 Å². The van der Waals surface area contributed by atoms with Gasteiger partial charge in [-0.15, -0.1) is 0 Å². The molecule has 0 bridgehead atoms. The normalized spacial score (nSPS) is 14.7. The Balaban J connectivity index is 1.19. The van der Waals surface area contributed by atoms with E-state index >= 15 is 0 Å². The number of hydrogen-bond donors (Lipinski definition) is 1. The van der Waals surface area contributed by atoms with Gasteiger partial charge in [-0.1, -0.05) is 146 Å². The Kier molecular flexibility index (Phi) is 6.25. The van der Waals surface area contributed by atoms with E-state index < -0.39 is 0 Å². The molecule has 0 aliphatic carbocycles. The number of nitrogens with one attached hydrogen (secondary N) is 1. The van der Waals surface area contributed by atoms with Gasteiger partial charge in [-0.25, -0.2) is 0 Å². The van der Waals surface area contributed by atoms with Crippen LogP contribution in [-0.2, 0) is 0 Å². The van der Waals surface area contributed by atoms with Gasteiger partial charge in [0, 0.05) is 33.0 Å². The molecule has 9 aromatic rings. The Hall–Kier alpha value is -6.45. The number of benzene rings is 8. The number of aliphatic imine (C=N–C) groups is 1. The molecule has 0 saturated heterocycles. The van der Waals surface area contributed by atoms with Gasteiger partial charge in [-0.3, -0.25) is 4.99 Å². The molecule has 0 fully saturated rings. The molecule has 0 spiro atoms. The molecule has 49 heavy (non-hydrogen) atoms. The van der Waals surface area contributed by atoms with E-state index in [0.29, 0.717) is 0 Å². The van der Waals surface area contributed by atoms with Crippen molar-refractivity contribution in [2.24, 2.45) is 4.99 Å². The van der Waals surface area contributed by atoms with Crippen LogP contribution in [0.15, 0.2) is 181 Å². The maximum absolute atomic E-state index is 5.45. The first-order chi connectivity index (χ1) is 24.3. The van der Waals surface area contributed by atoms with Crippen molar-refractivity contribution in [3.63, 3.8) is 0 Å². The Morgan fingerprint density at radius 1 is 0.469 bits per heavy atom. The highest BCUT2D eigenvalue weighted by Gasteiger charge is 2.23.